The van der Waals surface area contributed by atoms with E-state index in [0.29, 0.717) is 12.1 Å². The van der Waals surface area contributed by atoms with Crippen LogP contribution < -0.4 is 10.6 Å². The molecule has 1 aromatic carbocycles. The molecule has 2 amide bonds. The Bertz CT molecular complexity index is 492. The first-order chi connectivity index (χ1) is 11.1. The Morgan fingerprint density at radius 2 is 2.04 bits per heavy atom. The van der Waals surface area contributed by atoms with Gasteiger partial charge in [-0.1, -0.05) is 31.4 Å². The molecule has 0 heterocycles. The lowest BCUT2D eigenvalue weighted by atomic mass is 10.0. The van der Waals surface area contributed by atoms with E-state index in [4.69, 9.17) is 0 Å². The summed E-state index contributed by atoms with van der Waals surface area (Å²) in [5.41, 5.74) is 0.582. The van der Waals surface area contributed by atoms with Crippen LogP contribution in [0, 0.1) is 0 Å². The number of nitrogens with one attached hydrogen (secondary N) is 2. The van der Waals surface area contributed by atoms with E-state index in [1.807, 2.05) is 11.8 Å². The molecule has 23 heavy (non-hydrogen) atoms. The third-order valence-electron chi connectivity index (χ3n) is 4.00. The molecule has 1 atom stereocenters. The molecule has 1 aliphatic rings. The van der Waals surface area contributed by atoms with Crippen LogP contribution in [0.25, 0.3) is 0 Å². The minimum atomic E-state index is -0.829. The van der Waals surface area contributed by atoms with Gasteiger partial charge in [-0.05, 0) is 30.5 Å². The third-order valence-corrected chi connectivity index (χ3v) is 5.39. The largest absolute Gasteiger partial charge is 0.508 e. The van der Waals surface area contributed by atoms with E-state index in [1.54, 1.807) is 18.2 Å². The van der Waals surface area contributed by atoms with Gasteiger partial charge in [0.05, 0.1) is 6.10 Å². The number of rotatable bonds is 7. The topological polar surface area (TPSA) is 81.6 Å². The van der Waals surface area contributed by atoms with Gasteiger partial charge in [-0.2, -0.15) is 11.8 Å². The maximum absolute atomic E-state index is 11.7. The second-order valence-corrected chi connectivity index (χ2v) is 7.29. The van der Waals surface area contributed by atoms with Gasteiger partial charge < -0.3 is 20.8 Å². The number of carbonyl (C=O) groups excluding carboxylic acids is 1. The highest BCUT2D eigenvalue weighted by molar-refractivity contribution is 7.99. The van der Waals surface area contributed by atoms with Crippen LogP contribution >= 0.6 is 11.8 Å². The zero-order chi connectivity index (χ0) is 16.5. The Labute approximate surface area is 141 Å². The number of aromatic hydroxyl groups is 1. The van der Waals surface area contributed by atoms with E-state index in [2.05, 4.69) is 10.6 Å². The summed E-state index contributed by atoms with van der Waals surface area (Å²) in [6.45, 7) is 0.750. The van der Waals surface area contributed by atoms with Crippen LogP contribution in [0.1, 0.15) is 43.8 Å². The lowest BCUT2D eigenvalue weighted by molar-refractivity contribution is 0.173. The van der Waals surface area contributed by atoms with Gasteiger partial charge in [0.25, 0.3) is 0 Å². The molecule has 0 bridgehead atoms. The molecule has 0 spiro atoms. The third kappa shape index (κ3) is 6.71. The summed E-state index contributed by atoms with van der Waals surface area (Å²) in [6, 6.07) is 6.14. The molecule has 5 nitrogen and oxygen atoms in total. The molecule has 6 heteroatoms. The minimum absolute atomic E-state index is 0.103. The number of benzene rings is 1. The normalized spacial score (nSPS) is 16.7. The first kappa shape index (κ1) is 17.9. The molecule has 0 saturated heterocycles. The molecule has 1 aliphatic carbocycles. The van der Waals surface area contributed by atoms with Gasteiger partial charge in [-0.3, -0.25) is 0 Å². The SMILES string of the molecule is O=C(NCCSC1CCCCC1)NC[C@@H](O)c1cccc(O)c1. The van der Waals surface area contributed by atoms with Gasteiger partial charge in [0.1, 0.15) is 5.75 Å². The summed E-state index contributed by atoms with van der Waals surface area (Å²) < 4.78 is 0. The second kappa shape index (κ2) is 9.67. The Balaban J connectivity index is 1.57. The van der Waals surface area contributed by atoms with Crippen molar-refractivity contribution in [2.45, 2.75) is 43.5 Å². The zero-order valence-corrected chi connectivity index (χ0v) is 14.1. The van der Waals surface area contributed by atoms with Crippen molar-refractivity contribution in [1.29, 1.82) is 0 Å². The summed E-state index contributed by atoms with van der Waals surface area (Å²) in [7, 11) is 0. The number of aliphatic hydroxyl groups excluding tert-OH is 1. The lowest BCUT2D eigenvalue weighted by Crippen LogP contribution is -2.38. The minimum Gasteiger partial charge on any atom is -0.508 e. The predicted molar refractivity (Wildman–Crippen MR) is 93.8 cm³/mol. The van der Waals surface area contributed by atoms with Crippen molar-refractivity contribution in [2.24, 2.45) is 0 Å². The molecule has 2 rings (SSSR count). The van der Waals surface area contributed by atoms with Crippen LogP contribution in [0.5, 0.6) is 5.75 Å². The van der Waals surface area contributed by atoms with Crippen LogP contribution in [0.2, 0.25) is 0 Å². The molecule has 1 fully saturated rings. The number of thioether (sulfide) groups is 1. The Morgan fingerprint density at radius 1 is 1.26 bits per heavy atom. The van der Waals surface area contributed by atoms with Crippen molar-refractivity contribution in [1.82, 2.24) is 10.6 Å². The molecule has 1 saturated carbocycles. The fourth-order valence-corrected chi connectivity index (χ4v) is 3.94. The van der Waals surface area contributed by atoms with Gasteiger partial charge in [0, 0.05) is 24.1 Å². The number of hydrogen-bond donors (Lipinski definition) is 4. The molecule has 0 aromatic heterocycles. The smallest absolute Gasteiger partial charge is 0.314 e. The van der Waals surface area contributed by atoms with Crippen molar-refractivity contribution in [3.05, 3.63) is 29.8 Å². The quantitative estimate of drug-likeness (QED) is 0.576. The maximum atomic E-state index is 11.7. The monoisotopic (exact) mass is 338 g/mol. The molecular formula is C17H26N2O3S. The van der Waals surface area contributed by atoms with Gasteiger partial charge in [-0.25, -0.2) is 4.79 Å². The van der Waals surface area contributed by atoms with E-state index >= 15 is 0 Å². The predicted octanol–water partition coefficient (Wildman–Crippen LogP) is 2.79. The van der Waals surface area contributed by atoms with Crippen molar-refractivity contribution >= 4 is 17.8 Å². The van der Waals surface area contributed by atoms with E-state index < -0.39 is 6.10 Å². The average molecular weight is 338 g/mol. The first-order valence-electron chi connectivity index (χ1n) is 8.25. The van der Waals surface area contributed by atoms with Crippen LogP contribution in [0.3, 0.4) is 0 Å². The highest BCUT2D eigenvalue weighted by atomic mass is 32.2. The number of hydrogen-bond acceptors (Lipinski definition) is 4. The van der Waals surface area contributed by atoms with Crippen molar-refractivity contribution in [3.63, 3.8) is 0 Å². The number of phenolic OH excluding ortho intramolecular Hbond substituents is 1. The number of phenols is 1. The van der Waals surface area contributed by atoms with Crippen molar-refractivity contribution in [2.75, 3.05) is 18.8 Å². The van der Waals surface area contributed by atoms with Crippen LogP contribution in [0.15, 0.2) is 24.3 Å². The number of urea groups is 1. The summed E-state index contributed by atoms with van der Waals surface area (Å²) in [5, 5.41) is 25.6. The molecule has 0 aliphatic heterocycles. The van der Waals surface area contributed by atoms with Crippen molar-refractivity contribution < 1.29 is 15.0 Å². The van der Waals surface area contributed by atoms with Gasteiger partial charge in [0.2, 0.25) is 0 Å². The number of amides is 2. The highest BCUT2D eigenvalue weighted by Crippen LogP contribution is 2.27. The Hall–Kier alpha value is -1.40. The van der Waals surface area contributed by atoms with E-state index in [0.717, 1.165) is 11.0 Å². The number of aliphatic hydroxyl groups is 1. The lowest BCUT2D eigenvalue weighted by Gasteiger charge is -2.21. The highest BCUT2D eigenvalue weighted by Gasteiger charge is 2.13. The fourth-order valence-electron chi connectivity index (χ4n) is 2.72. The zero-order valence-electron chi connectivity index (χ0n) is 13.3. The van der Waals surface area contributed by atoms with Crippen molar-refractivity contribution in [3.8, 4) is 5.75 Å². The molecule has 1 aromatic rings. The maximum Gasteiger partial charge on any atom is 0.314 e. The van der Waals surface area contributed by atoms with Gasteiger partial charge in [0.15, 0.2) is 0 Å². The molecule has 0 unspecified atom stereocenters. The summed E-state index contributed by atoms with van der Waals surface area (Å²) in [6.07, 6.45) is 5.79. The first-order valence-corrected chi connectivity index (χ1v) is 9.30. The summed E-state index contributed by atoms with van der Waals surface area (Å²) in [5.74, 6) is 1.03. The van der Waals surface area contributed by atoms with Crippen LogP contribution in [-0.4, -0.2) is 40.3 Å². The fraction of sp³-hybridized carbons (Fsp3) is 0.588. The molecule has 0 radical (unpaired) electrons. The van der Waals surface area contributed by atoms with Gasteiger partial charge in [-0.15, -0.1) is 0 Å². The Morgan fingerprint density at radius 3 is 2.78 bits per heavy atom. The molecule has 4 N–H and O–H groups in total. The van der Waals surface area contributed by atoms with Crippen LogP contribution in [0.4, 0.5) is 4.79 Å². The van der Waals surface area contributed by atoms with E-state index in [1.165, 1.54) is 38.2 Å². The van der Waals surface area contributed by atoms with Crippen LogP contribution in [-0.2, 0) is 0 Å². The molecular weight excluding hydrogens is 312 g/mol. The summed E-state index contributed by atoms with van der Waals surface area (Å²) >= 11 is 1.94. The summed E-state index contributed by atoms with van der Waals surface area (Å²) in [4.78, 5) is 11.7. The van der Waals surface area contributed by atoms with E-state index in [9.17, 15) is 15.0 Å². The van der Waals surface area contributed by atoms with E-state index in [-0.39, 0.29) is 18.3 Å². The number of carbonyl (C=O) groups is 1. The Kier molecular flexibility index (Phi) is 7.55. The van der Waals surface area contributed by atoms with Gasteiger partial charge >= 0.3 is 6.03 Å². The molecule has 128 valence electrons. The average Bonchev–Trinajstić information content (AvgIpc) is 2.57. The second-order valence-electron chi connectivity index (χ2n) is 5.88. The standard InChI is InChI=1S/C17H26N2O3S/c20-14-6-4-5-13(11-14)16(21)12-19-17(22)18-9-10-23-15-7-2-1-3-8-15/h4-6,11,15-16,20-21H,1-3,7-10,12H2,(H2,18,19,22)/t16-/m1/s1.